The quantitative estimate of drug-likeness (QED) is 0.905. The van der Waals surface area contributed by atoms with Crippen LogP contribution in [0.3, 0.4) is 0 Å². The molecule has 0 aromatic heterocycles. The SMILES string of the molecule is COc1cc(Cl)c(C(N)c2cc(C)cc(F)c2)cc1Cl. The Morgan fingerprint density at radius 3 is 2.40 bits per heavy atom. The molecule has 20 heavy (non-hydrogen) atoms. The average molecular weight is 314 g/mol. The lowest BCUT2D eigenvalue weighted by atomic mass is 9.98. The van der Waals surface area contributed by atoms with E-state index in [2.05, 4.69) is 0 Å². The van der Waals surface area contributed by atoms with E-state index in [9.17, 15) is 4.39 Å². The van der Waals surface area contributed by atoms with Gasteiger partial charge < -0.3 is 10.5 Å². The maximum Gasteiger partial charge on any atom is 0.138 e. The molecule has 0 saturated heterocycles. The fraction of sp³-hybridized carbons (Fsp3) is 0.200. The zero-order valence-corrected chi connectivity index (χ0v) is 12.6. The van der Waals surface area contributed by atoms with Crippen molar-refractivity contribution in [1.82, 2.24) is 0 Å². The van der Waals surface area contributed by atoms with Crippen molar-refractivity contribution in [1.29, 1.82) is 0 Å². The fourth-order valence-electron chi connectivity index (χ4n) is 2.06. The number of ether oxygens (including phenoxy) is 1. The number of methoxy groups -OCH3 is 1. The molecule has 106 valence electrons. The van der Waals surface area contributed by atoms with Crippen LogP contribution in [0.25, 0.3) is 0 Å². The van der Waals surface area contributed by atoms with Crippen LogP contribution in [-0.4, -0.2) is 7.11 Å². The molecular formula is C15H14Cl2FNO. The molecule has 0 aliphatic carbocycles. The van der Waals surface area contributed by atoms with Gasteiger partial charge in [0.15, 0.2) is 0 Å². The summed E-state index contributed by atoms with van der Waals surface area (Å²) in [4.78, 5) is 0. The molecule has 0 spiro atoms. The third-order valence-corrected chi connectivity index (χ3v) is 3.65. The lowest BCUT2D eigenvalue weighted by molar-refractivity contribution is 0.415. The summed E-state index contributed by atoms with van der Waals surface area (Å²) in [7, 11) is 1.51. The van der Waals surface area contributed by atoms with Crippen LogP contribution < -0.4 is 10.5 Å². The molecule has 5 heteroatoms. The summed E-state index contributed by atoms with van der Waals surface area (Å²) in [5, 5.41) is 0.844. The van der Waals surface area contributed by atoms with Crippen LogP contribution in [0.5, 0.6) is 5.75 Å². The summed E-state index contributed by atoms with van der Waals surface area (Å²) >= 11 is 12.3. The number of benzene rings is 2. The van der Waals surface area contributed by atoms with Crippen LogP contribution in [0.4, 0.5) is 4.39 Å². The Bertz CT molecular complexity index is 626. The predicted octanol–water partition coefficient (Wildman–Crippen LogP) is 4.50. The van der Waals surface area contributed by atoms with Gasteiger partial charge in [0.2, 0.25) is 0 Å². The first-order valence-electron chi connectivity index (χ1n) is 5.98. The molecule has 2 aromatic carbocycles. The Morgan fingerprint density at radius 1 is 1.10 bits per heavy atom. The van der Waals surface area contributed by atoms with E-state index in [1.807, 2.05) is 13.0 Å². The molecule has 0 radical (unpaired) electrons. The third kappa shape index (κ3) is 3.06. The average Bonchev–Trinajstić information content (AvgIpc) is 2.39. The summed E-state index contributed by atoms with van der Waals surface area (Å²) < 4.78 is 18.6. The number of nitrogens with two attached hydrogens (primary N) is 1. The van der Waals surface area contributed by atoms with Gasteiger partial charge >= 0.3 is 0 Å². The first kappa shape index (κ1) is 15.1. The van der Waals surface area contributed by atoms with Crippen LogP contribution in [0.1, 0.15) is 22.7 Å². The second kappa shape index (κ2) is 6.00. The van der Waals surface area contributed by atoms with Gasteiger partial charge in [-0.25, -0.2) is 4.39 Å². The van der Waals surface area contributed by atoms with Crippen LogP contribution in [0.2, 0.25) is 10.0 Å². The minimum absolute atomic E-state index is 0.328. The molecule has 1 unspecified atom stereocenters. The molecule has 0 amide bonds. The van der Waals surface area contributed by atoms with Gasteiger partial charge in [-0.05, 0) is 41.8 Å². The van der Waals surface area contributed by atoms with Gasteiger partial charge in [-0.1, -0.05) is 29.3 Å². The number of hydrogen-bond donors (Lipinski definition) is 1. The first-order chi connectivity index (χ1) is 9.42. The first-order valence-corrected chi connectivity index (χ1v) is 6.73. The Labute approximate surface area is 127 Å². The molecule has 0 bridgehead atoms. The van der Waals surface area contributed by atoms with E-state index in [1.165, 1.54) is 19.2 Å². The molecule has 0 saturated carbocycles. The summed E-state index contributed by atoms with van der Waals surface area (Å²) in [6.45, 7) is 1.81. The van der Waals surface area contributed by atoms with Gasteiger partial charge in [0.1, 0.15) is 11.6 Å². The highest BCUT2D eigenvalue weighted by Crippen LogP contribution is 2.35. The molecule has 0 heterocycles. The van der Waals surface area contributed by atoms with Crippen molar-refractivity contribution in [2.24, 2.45) is 5.73 Å². The Hall–Kier alpha value is -1.29. The Balaban J connectivity index is 2.47. The monoisotopic (exact) mass is 313 g/mol. The van der Waals surface area contributed by atoms with Crippen LogP contribution in [0, 0.1) is 12.7 Å². The van der Waals surface area contributed by atoms with Gasteiger partial charge in [-0.3, -0.25) is 0 Å². The maximum absolute atomic E-state index is 13.5. The highest BCUT2D eigenvalue weighted by Gasteiger charge is 2.16. The highest BCUT2D eigenvalue weighted by molar-refractivity contribution is 6.34. The van der Waals surface area contributed by atoms with Gasteiger partial charge in [0.25, 0.3) is 0 Å². The lowest BCUT2D eigenvalue weighted by Gasteiger charge is -2.16. The van der Waals surface area contributed by atoms with Crippen molar-refractivity contribution >= 4 is 23.2 Å². The number of rotatable bonds is 3. The van der Waals surface area contributed by atoms with E-state index >= 15 is 0 Å². The minimum atomic E-state index is -0.555. The smallest absolute Gasteiger partial charge is 0.138 e. The van der Waals surface area contributed by atoms with Crippen molar-refractivity contribution in [2.45, 2.75) is 13.0 Å². The summed E-state index contributed by atoms with van der Waals surface area (Å²) in [6, 6.07) is 7.35. The van der Waals surface area contributed by atoms with Crippen LogP contribution >= 0.6 is 23.2 Å². The minimum Gasteiger partial charge on any atom is -0.495 e. The second-order valence-corrected chi connectivity index (χ2v) is 5.36. The third-order valence-electron chi connectivity index (χ3n) is 3.03. The summed E-state index contributed by atoms with van der Waals surface area (Å²) in [5.74, 6) is 0.147. The zero-order valence-electron chi connectivity index (χ0n) is 11.1. The van der Waals surface area contributed by atoms with Crippen LogP contribution in [-0.2, 0) is 0 Å². The molecule has 0 fully saturated rings. The van der Waals surface area contributed by atoms with E-state index in [1.54, 1.807) is 12.1 Å². The summed E-state index contributed by atoms with van der Waals surface area (Å²) in [5.41, 5.74) is 8.23. The molecule has 2 aromatic rings. The Morgan fingerprint density at radius 2 is 1.80 bits per heavy atom. The normalized spacial score (nSPS) is 12.3. The Kier molecular flexibility index (Phi) is 4.53. The van der Waals surface area contributed by atoms with Crippen molar-refractivity contribution in [3.63, 3.8) is 0 Å². The fourth-order valence-corrected chi connectivity index (χ4v) is 2.58. The number of aryl methyl sites for hydroxylation is 1. The lowest BCUT2D eigenvalue weighted by Crippen LogP contribution is -2.13. The van der Waals surface area contributed by atoms with E-state index in [0.29, 0.717) is 26.9 Å². The van der Waals surface area contributed by atoms with Crippen molar-refractivity contribution in [3.05, 3.63) is 62.9 Å². The predicted molar refractivity (Wildman–Crippen MR) is 80.2 cm³/mol. The van der Waals surface area contributed by atoms with E-state index in [-0.39, 0.29) is 5.82 Å². The largest absolute Gasteiger partial charge is 0.495 e. The molecule has 0 aliphatic heterocycles. The molecule has 2 nitrogen and oxygen atoms in total. The maximum atomic E-state index is 13.5. The van der Waals surface area contributed by atoms with E-state index < -0.39 is 6.04 Å². The van der Waals surface area contributed by atoms with Crippen LogP contribution in [0.15, 0.2) is 30.3 Å². The summed E-state index contributed by atoms with van der Waals surface area (Å²) in [6.07, 6.45) is 0. The highest BCUT2D eigenvalue weighted by atomic mass is 35.5. The van der Waals surface area contributed by atoms with Gasteiger partial charge in [0.05, 0.1) is 18.2 Å². The standard InChI is InChI=1S/C15H14Cl2FNO/c1-8-3-9(5-10(18)4-8)15(19)11-6-13(17)14(20-2)7-12(11)16/h3-7,15H,19H2,1-2H3. The topological polar surface area (TPSA) is 35.2 Å². The zero-order chi connectivity index (χ0) is 14.9. The number of halogens is 3. The van der Waals surface area contributed by atoms with E-state index in [0.717, 1.165) is 5.56 Å². The van der Waals surface area contributed by atoms with Crippen molar-refractivity contribution in [3.8, 4) is 5.75 Å². The van der Waals surface area contributed by atoms with Crippen molar-refractivity contribution in [2.75, 3.05) is 7.11 Å². The second-order valence-electron chi connectivity index (χ2n) is 4.55. The van der Waals surface area contributed by atoms with E-state index in [4.69, 9.17) is 33.7 Å². The van der Waals surface area contributed by atoms with Gasteiger partial charge in [0, 0.05) is 11.1 Å². The molecule has 2 rings (SSSR count). The molecule has 2 N–H and O–H groups in total. The molecular weight excluding hydrogens is 300 g/mol. The van der Waals surface area contributed by atoms with Crippen molar-refractivity contribution < 1.29 is 9.13 Å². The van der Waals surface area contributed by atoms with Gasteiger partial charge in [-0.2, -0.15) is 0 Å². The van der Waals surface area contributed by atoms with Gasteiger partial charge in [-0.15, -0.1) is 0 Å². The number of hydrogen-bond acceptors (Lipinski definition) is 2. The molecule has 1 atom stereocenters. The molecule has 0 aliphatic rings.